The van der Waals surface area contributed by atoms with Crippen molar-refractivity contribution in [1.82, 2.24) is 5.32 Å². The molecule has 1 aromatic carbocycles. The van der Waals surface area contributed by atoms with E-state index in [1.54, 1.807) is 0 Å². The van der Waals surface area contributed by atoms with Crippen LogP contribution >= 0.6 is 0 Å². The molecule has 3 nitrogen and oxygen atoms in total. The van der Waals surface area contributed by atoms with Gasteiger partial charge in [0.25, 0.3) is 0 Å². The van der Waals surface area contributed by atoms with Crippen molar-refractivity contribution in [2.45, 2.75) is 51.1 Å². The van der Waals surface area contributed by atoms with Gasteiger partial charge in [0.1, 0.15) is 0 Å². The van der Waals surface area contributed by atoms with Gasteiger partial charge >= 0.3 is 0 Å². The first kappa shape index (κ1) is 13.1. The summed E-state index contributed by atoms with van der Waals surface area (Å²) in [5.41, 5.74) is 8.33. The minimum Gasteiger partial charge on any atom is -0.353 e. The number of nitrogens with one attached hydrogen (secondary N) is 1. The summed E-state index contributed by atoms with van der Waals surface area (Å²) in [4.78, 5) is 11.9. The van der Waals surface area contributed by atoms with E-state index >= 15 is 0 Å². The number of aryl methyl sites for hydroxylation is 1. The second-order valence-electron chi connectivity index (χ2n) is 5.22. The van der Waals surface area contributed by atoms with Crippen LogP contribution in [0, 0.1) is 6.92 Å². The maximum Gasteiger partial charge on any atom is 0.222 e. The molecule has 1 saturated carbocycles. The molecule has 0 unspecified atom stereocenters. The van der Waals surface area contributed by atoms with Crippen molar-refractivity contribution in [3.05, 3.63) is 35.4 Å². The minimum atomic E-state index is -0.201. The standard InChI is InChI=1S/C15H22N2O/c1-11-6-2-5-9-13(11)14(16)10-15(18)17-12-7-3-4-8-12/h2,5-6,9,12,14H,3-4,7-8,10,16H2,1H3,(H,17,18)/t14-/m0/s1. The van der Waals surface area contributed by atoms with Crippen LogP contribution in [0.2, 0.25) is 0 Å². The highest BCUT2D eigenvalue weighted by atomic mass is 16.1. The van der Waals surface area contributed by atoms with E-state index in [1.807, 2.05) is 31.2 Å². The molecule has 0 radical (unpaired) electrons. The number of rotatable bonds is 4. The smallest absolute Gasteiger partial charge is 0.222 e. The predicted octanol–water partition coefficient (Wildman–Crippen LogP) is 2.44. The predicted molar refractivity (Wildman–Crippen MR) is 73.1 cm³/mol. The summed E-state index contributed by atoms with van der Waals surface area (Å²) in [7, 11) is 0. The molecule has 0 bridgehead atoms. The molecule has 2 rings (SSSR count). The van der Waals surface area contributed by atoms with E-state index in [0.29, 0.717) is 12.5 Å². The molecule has 1 fully saturated rings. The molecular weight excluding hydrogens is 224 g/mol. The highest BCUT2D eigenvalue weighted by Gasteiger charge is 2.19. The Morgan fingerprint density at radius 1 is 1.39 bits per heavy atom. The molecule has 0 aliphatic heterocycles. The van der Waals surface area contributed by atoms with E-state index in [-0.39, 0.29) is 11.9 Å². The van der Waals surface area contributed by atoms with Crippen LogP contribution in [0.15, 0.2) is 24.3 Å². The third-order valence-corrected chi connectivity index (χ3v) is 3.71. The largest absolute Gasteiger partial charge is 0.353 e. The lowest BCUT2D eigenvalue weighted by molar-refractivity contribution is -0.122. The van der Waals surface area contributed by atoms with Crippen LogP contribution in [-0.2, 0) is 4.79 Å². The Morgan fingerprint density at radius 3 is 2.72 bits per heavy atom. The lowest BCUT2D eigenvalue weighted by Crippen LogP contribution is -2.34. The third-order valence-electron chi connectivity index (χ3n) is 3.71. The van der Waals surface area contributed by atoms with Crippen LogP contribution in [-0.4, -0.2) is 11.9 Å². The van der Waals surface area contributed by atoms with Gasteiger partial charge in [-0.2, -0.15) is 0 Å². The number of benzene rings is 1. The Hall–Kier alpha value is -1.35. The number of carbonyl (C=O) groups excluding carboxylic acids is 1. The zero-order chi connectivity index (χ0) is 13.0. The fourth-order valence-corrected chi connectivity index (χ4v) is 2.67. The van der Waals surface area contributed by atoms with Crippen molar-refractivity contribution in [3.8, 4) is 0 Å². The summed E-state index contributed by atoms with van der Waals surface area (Å²) < 4.78 is 0. The Labute approximate surface area is 109 Å². The highest BCUT2D eigenvalue weighted by Crippen LogP contribution is 2.20. The third kappa shape index (κ3) is 3.33. The van der Waals surface area contributed by atoms with E-state index in [1.165, 1.54) is 12.8 Å². The van der Waals surface area contributed by atoms with E-state index in [9.17, 15) is 4.79 Å². The highest BCUT2D eigenvalue weighted by molar-refractivity contribution is 5.77. The summed E-state index contributed by atoms with van der Waals surface area (Å²) in [5, 5.41) is 3.08. The first-order valence-electron chi connectivity index (χ1n) is 6.77. The van der Waals surface area contributed by atoms with Gasteiger partial charge in [-0.05, 0) is 30.9 Å². The number of nitrogens with two attached hydrogens (primary N) is 1. The van der Waals surface area contributed by atoms with Gasteiger partial charge in [0.15, 0.2) is 0 Å². The van der Waals surface area contributed by atoms with Gasteiger partial charge in [0.05, 0.1) is 0 Å². The van der Waals surface area contributed by atoms with Crippen LogP contribution < -0.4 is 11.1 Å². The molecule has 1 aliphatic rings. The molecule has 98 valence electrons. The number of hydrogen-bond donors (Lipinski definition) is 2. The molecule has 0 aromatic heterocycles. The summed E-state index contributed by atoms with van der Waals surface area (Å²) >= 11 is 0. The quantitative estimate of drug-likeness (QED) is 0.857. The topological polar surface area (TPSA) is 55.1 Å². The lowest BCUT2D eigenvalue weighted by Gasteiger charge is -2.17. The first-order valence-corrected chi connectivity index (χ1v) is 6.77. The van der Waals surface area contributed by atoms with E-state index < -0.39 is 0 Å². The zero-order valence-electron chi connectivity index (χ0n) is 11.0. The van der Waals surface area contributed by atoms with E-state index in [4.69, 9.17) is 5.73 Å². The van der Waals surface area contributed by atoms with Gasteiger partial charge in [-0.25, -0.2) is 0 Å². The molecule has 18 heavy (non-hydrogen) atoms. The number of hydrogen-bond acceptors (Lipinski definition) is 2. The van der Waals surface area contributed by atoms with Crippen molar-refractivity contribution in [1.29, 1.82) is 0 Å². The zero-order valence-corrected chi connectivity index (χ0v) is 11.0. The Kier molecular flexibility index (Phi) is 4.37. The Bertz CT molecular complexity index is 411. The molecule has 1 atom stereocenters. The van der Waals surface area contributed by atoms with Gasteiger partial charge in [-0.15, -0.1) is 0 Å². The van der Waals surface area contributed by atoms with Crippen LogP contribution in [0.25, 0.3) is 0 Å². The maximum atomic E-state index is 11.9. The lowest BCUT2D eigenvalue weighted by atomic mass is 9.99. The summed E-state index contributed by atoms with van der Waals surface area (Å²) in [6.45, 7) is 2.03. The molecule has 1 amide bonds. The van der Waals surface area contributed by atoms with Gasteiger partial charge in [0.2, 0.25) is 5.91 Å². The van der Waals surface area contributed by atoms with Crippen LogP contribution in [0.1, 0.15) is 49.3 Å². The Morgan fingerprint density at radius 2 is 2.06 bits per heavy atom. The van der Waals surface area contributed by atoms with E-state index in [0.717, 1.165) is 24.0 Å². The Balaban J connectivity index is 1.88. The van der Waals surface area contributed by atoms with Crippen molar-refractivity contribution >= 4 is 5.91 Å². The molecule has 3 N–H and O–H groups in total. The van der Waals surface area contributed by atoms with Crippen molar-refractivity contribution < 1.29 is 4.79 Å². The van der Waals surface area contributed by atoms with Gasteiger partial charge in [0, 0.05) is 18.5 Å². The summed E-state index contributed by atoms with van der Waals surface area (Å²) in [5.74, 6) is 0.0812. The second kappa shape index (κ2) is 6.01. The molecule has 0 saturated heterocycles. The number of amides is 1. The van der Waals surface area contributed by atoms with Crippen molar-refractivity contribution in [2.75, 3.05) is 0 Å². The van der Waals surface area contributed by atoms with Gasteiger partial charge in [-0.1, -0.05) is 37.1 Å². The molecule has 1 aliphatic carbocycles. The normalized spacial score (nSPS) is 17.7. The van der Waals surface area contributed by atoms with Crippen molar-refractivity contribution in [3.63, 3.8) is 0 Å². The molecule has 3 heteroatoms. The SMILES string of the molecule is Cc1ccccc1[C@@H](N)CC(=O)NC1CCCC1. The van der Waals surface area contributed by atoms with E-state index in [2.05, 4.69) is 5.32 Å². The summed E-state index contributed by atoms with van der Waals surface area (Å²) in [6, 6.07) is 8.17. The average molecular weight is 246 g/mol. The van der Waals surface area contributed by atoms with Gasteiger partial charge in [-0.3, -0.25) is 4.79 Å². The van der Waals surface area contributed by atoms with Crippen molar-refractivity contribution in [2.24, 2.45) is 5.73 Å². The fraction of sp³-hybridized carbons (Fsp3) is 0.533. The summed E-state index contributed by atoms with van der Waals surface area (Å²) in [6.07, 6.45) is 5.07. The first-order chi connectivity index (χ1) is 8.66. The minimum absolute atomic E-state index is 0.0812. The second-order valence-corrected chi connectivity index (χ2v) is 5.22. The van der Waals surface area contributed by atoms with Crippen LogP contribution in [0.3, 0.4) is 0 Å². The average Bonchev–Trinajstić information content (AvgIpc) is 2.82. The molecule has 0 heterocycles. The number of carbonyl (C=O) groups is 1. The monoisotopic (exact) mass is 246 g/mol. The van der Waals surface area contributed by atoms with Crippen LogP contribution in [0.4, 0.5) is 0 Å². The molecule has 0 spiro atoms. The molecular formula is C15H22N2O. The van der Waals surface area contributed by atoms with Crippen LogP contribution in [0.5, 0.6) is 0 Å². The van der Waals surface area contributed by atoms with Gasteiger partial charge < -0.3 is 11.1 Å². The fourth-order valence-electron chi connectivity index (χ4n) is 2.67. The molecule has 1 aromatic rings. The maximum absolute atomic E-state index is 11.9.